The maximum Gasteiger partial charge on any atom is 0.103 e. The van der Waals surface area contributed by atoms with Gasteiger partial charge in [0, 0.05) is 0 Å². The Morgan fingerprint density at radius 2 is 0.586 bits per heavy atom. The molecule has 0 amide bonds. The van der Waals surface area contributed by atoms with Gasteiger partial charge < -0.3 is 0 Å². The average Bonchev–Trinajstić information content (AvgIpc) is 2.51. The highest BCUT2D eigenvalue weighted by Crippen LogP contribution is 2.06. The molecular formula is C24H43Si5. The van der Waals surface area contributed by atoms with E-state index >= 15 is 0 Å². The van der Waals surface area contributed by atoms with Gasteiger partial charge in [-0.2, -0.15) is 0 Å². The van der Waals surface area contributed by atoms with Crippen LogP contribution in [0.3, 0.4) is 0 Å². The minimum Gasteiger partial charge on any atom is -0.0656 e. The predicted octanol–water partition coefficient (Wildman–Crippen LogP) is 3.25. The van der Waals surface area contributed by atoms with Gasteiger partial charge in [0.05, 0.1) is 32.3 Å². The van der Waals surface area contributed by atoms with Crippen LogP contribution in [0, 0.1) is 0 Å². The number of hydrogen-bond acceptors (Lipinski definition) is 0. The Kier molecular flexibility index (Phi) is 7.03. The SMILES string of the molecule is C[Si](C)(C)c1cc([SiH]c2cc([Si](C)(C)C)cc([Si](C)(C)C)c2)cc([Si](C)(C)C)c1. The van der Waals surface area contributed by atoms with Gasteiger partial charge in [-0.3, -0.25) is 0 Å². The highest BCUT2D eigenvalue weighted by atomic mass is 28.3. The van der Waals surface area contributed by atoms with Crippen LogP contribution in [0.15, 0.2) is 36.4 Å². The molecular weight excluding hydrogens is 429 g/mol. The van der Waals surface area contributed by atoms with E-state index in [0.717, 1.165) is 0 Å². The van der Waals surface area contributed by atoms with Crippen LogP contribution in [0.2, 0.25) is 78.6 Å². The van der Waals surface area contributed by atoms with Crippen LogP contribution in [0.4, 0.5) is 0 Å². The number of benzene rings is 2. The fraction of sp³-hybridized carbons (Fsp3) is 0.500. The van der Waals surface area contributed by atoms with Gasteiger partial charge in [-0.05, 0) is 0 Å². The molecule has 0 spiro atoms. The lowest BCUT2D eigenvalue weighted by atomic mass is 10.3. The Hall–Kier alpha value is -0.476. The smallest absolute Gasteiger partial charge is 0.0656 e. The molecule has 159 valence electrons. The van der Waals surface area contributed by atoms with Crippen molar-refractivity contribution >= 4 is 72.9 Å². The highest BCUT2D eigenvalue weighted by molar-refractivity contribution is 6.93. The molecule has 0 unspecified atom stereocenters. The van der Waals surface area contributed by atoms with Crippen molar-refractivity contribution in [3.05, 3.63) is 36.4 Å². The molecule has 0 aliphatic heterocycles. The molecule has 0 heterocycles. The molecule has 0 atom stereocenters. The predicted molar refractivity (Wildman–Crippen MR) is 151 cm³/mol. The first-order valence-electron chi connectivity index (χ1n) is 11.0. The molecule has 0 fully saturated rings. The summed E-state index contributed by atoms with van der Waals surface area (Å²) in [5, 5.41) is 9.80. The van der Waals surface area contributed by atoms with E-state index in [-0.39, 0.29) is 9.52 Å². The molecule has 0 bridgehead atoms. The van der Waals surface area contributed by atoms with Crippen LogP contribution in [0.5, 0.6) is 0 Å². The van der Waals surface area contributed by atoms with E-state index in [4.69, 9.17) is 0 Å². The topological polar surface area (TPSA) is 0 Å². The van der Waals surface area contributed by atoms with Gasteiger partial charge in [0.15, 0.2) is 0 Å². The third-order valence-electron chi connectivity index (χ3n) is 5.71. The Morgan fingerprint density at radius 3 is 0.759 bits per heavy atom. The van der Waals surface area contributed by atoms with Gasteiger partial charge in [-0.25, -0.2) is 0 Å². The molecule has 5 heteroatoms. The van der Waals surface area contributed by atoms with Crippen molar-refractivity contribution in [2.45, 2.75) is 78.6 Å². The minimum absolute atomic E-state index is 0.152. The standard InChI is InChI=1S/C24H43Si5/c1-26(2,3)21-13-19(14-22(17-21)27(4,5)6)25-20-15-23(28(7,8)9)18-24(16-20)29(10,11)12/h13-18,25H,1-12H3. The van der Waals surface area contributed by atoms with Crippen LogP contribution < -0.4 is 31.1 Å². The quantitative estimate of drug-likeness (QED) is 0.567. The van der Waals surface area contributed by atoms with Crippen LogP contribution in [0.1, 0.15) is 0 Å². The molecule has 0 aliphatic rings. The van der Waals surface area contributed by atoms with Gasteiger partial charge in [-0.15, -0.1) is 0 Å². The summed E-state index contributed by atoms with van der Waals surface area (Å²) >= 11 is 0. The maximum absolute atomic E-state index is 2.57. The van der Waals surface area contributed by atoms with E-state index in [0.29, 0.717) is 0 Å². The van der Waals surface area contributed by atoms with E-state index in [1.54, 1.807) is 31.1 Å². The fourth-order valence-electron chi connectivity index (χ4n) is 3.39. The second-order valence-corrected chi connectivity index (χ2v) is 34.8. The van der Waals surface area contributed by atoms with E-state index in [9.17, 15) is 0 Å². The summed E-state index contributed by atoms with van der Waals surface area (Å²) in [6.45, 7) is 29.9. The lowest BCUT2D eigenvalue weighted by molar-refractivity contribution is 1.68. The molecule has 0 aromatic heterocycles. The Labute approximate surface area is 187 Å². The molecule has 29 heavy (non-hydrogen) atoms. The normalized spacial score (nSPS) is 13.7. The zero-order valence-corrected chi connectivity index (χ0v) is 26.2. The van der Waals surface area contributed by atoms with Gasteiger partial charge in [-0.1, -0.05) is 146 Å². The maximum atomic E-state index is 2.57. The Bertz CT molecular complexity index is 734. The van der Waals surface area contributed by atoms with Gasteiger partial charge in [0.2, 0.25) is 0 Å². The van der Waals surface area contributed by atoms with Crippen molar-refractivity contribution in [2.24, 2.45) is 0 Å². The summed E-state index contributed by atoms with van der Waals surface area (Å²) in [4.78, 5) is 0. The number of hydrogen-bond donors (Lipinski definition) is 0. The van der Waals surface area contributed by atoms with E-state index in [2.05, 4.69) is 115 Å². The first kappa shape index (κ1) is 24.8. The molecule has 0 aliphatic carbocycles. The van der Waals surface area contributed by atoms with Crippen molar-refractivity contribution in [2.75, 3.05) is 0 Å². The van der Waals surface area contributed by atoms with Crippen LogP contribution in [0.25, 0.3) is 0 Å². The van der Waals surface area contributed by atoms with Crippen molar-refractivity contribution < 1.29 is 0 Å². The second-order valence-electron chi connectivity index (χ2n) is 12.8. The highest BCUT2D eigenvalue weighted by Gasteiger charge is 2.25. The first-order valence-corrected chi connectivity index (χ1v) is 26.2. The molecule has 2 aromatic rings. The fourth-order valence-corrected chi connectivity index (χ4v) is 10.5. The van der Waals surface area contributed by atoms with Crippen LogP contribution >= 0.6 is 0 Å². The zero-order valence-electron chi connectivity index (χ0n) is 21.0. The summed E-state index contributed by atoms with van der Waals surface area (Å²) in [7, 11) is -5.15. The third-order valence-corrected chi connectivity index (χ3v) is 15.1. The van der Waals surface area contributed by atoms with E-state index < -0.39 is 32.3 Å². The van der Waals surface area contributed by atoms with Crippen LogP contribution in [-0.2, 0) is 0 Å². The van der Waals surface area contributed by atoms with Crippen molar-refractivity contribution in [3.8, 4) is 0 Å². The van der Waals surface area contributed by atoms with Crippen molar-refractivity contribution in [3.63, 3.8) is 0 Å². The van der Waals surface area contributed by atoms with E-state index in [1.807, 2.05) is 0 Å². The Morgan fingerprint density at radius 1 is 0.379 bits per heavy atom. The average molecular weight is 472 g/mol. The van der Waals surface area contributed by atoms with Gasteiger partial charge in [0.1, 0.15) is 9.52 Å². The Balaban J connectivity index is 2.61. The summed E-state index contributed by atoms with van der Waals surface area (Å²) in [5.74, 6) is 0. The first-order chi connectivity index (χ1) is 12.9. The summed E-state index contributed by atoms with van der Waals surface area (Å²) in [6.07, 6.45) is 0. The molecule has 0 saturated heterocycles. The third kappa shape index (κ3) is 6.75. The summed E-state index contributed by atoms with van der Waals surface area (Å²) in [6, 6.07) is 15.4. The summed E-state index contributed by atoms with van der Waals surface area (Å²) in [5.41, 5.74) is 0. The van der Waals surface area contributed by atoms with Crippen molar-refractivity contribution in [1.82, 2.24) is 0 Å². The molecule has 1 radical (unpaired) electrons. The van der Waals surface area contributed by atoms with E-state index in [1.165, 1.54) is 0 Å². The molecule has 0 nitrogen and oxygen atoms in total. The largest absolute Gasteiger partial charge is 0.103 e. The van der Waals surface area contributed by atoms with Gasteiger partial charge >= 0.3 is 0 Å². The molecule has 0 N–H and O–H groups in total. The monoisotopic (exact) mass is 471 g/mol. The van der Waals surface area contributed by atoms with Crippen molar-refractivity contribution in [1.29, 1.82) is 0 Å². The molecule has 2 rings (SSSR count). The summed E-state index contributed by atoms with van der Waals surface area (Å²) < 4.78 is 0. The van der Waals surface area contributed by atoms with Crippen LogP contribution in [-0.4, -0.2) is 41.8 Å². The molecule has 2 aromatic carbocycles. The zero-order chi connectivity index (χ0) is 22.4. The lowest BCUT2D eigenvalue weighted by Gasteiger charge is -2.26. The molecule has 0 saturated carbocycles. The number of rotatable bonds is 6. The van der Waals surface area contributed by atoms with Gasteiger partial charge in [0.25, 0.3) is 0 Å². The minimum atomic E-state index is -1.32. The lowest BCUT2D eigenvalue weighted by Crippen LogP contribution is -2.51. The second kappa shape index (κ2) is 8.22.